The number of fused-ring (bicyclic) bond motifs is 4. The summed E-state index contributed by atoms with van der Waals surface area (Å²) >= 11 is 0. The summed E-state index contributed by atoms with van der Waals surface area (Å²) in [6.45, 7) is 7.46. The van der Waals surface area contributed by atoms with E-state index in [0.717, 1.165) is 17.8 Å². The van der Waals surface area contributed by atoms with Crippen LogP contribution in [-0.2, 0) is 0 Å². The lowest BCUT2D eigenvalue weighted by molar-refractivity contribution is 0.406. The minimum absolute atomic E-state index is 0.575. The molecule has 2 fully saturated rings. The van der Waals surface area contributed by atoms with Crippen LogP contribution in [0.1, 0.15) is 40.0 Å². The third-order valence-corrected chi connectivity index (χ3v) is 6.23. The van der Waals surface area contributed by atoms with Crippen molar-refractivity contribution in [1.82, 2.24) is 0 Å². The van der Waals surface area contributed by atoms with Gasteiger partial charge < -0.3 is 0 Å². The predicted molar refractivity (Wildman–Crippen MR) is 62.4 cm³/mol. The highest BCUT2D eigenvalue weighted by Gasteiger charge is 2.80. The van der Waals surface area contributed by atoms with Crippen molar-refractivity contribution in [3.63, 3.8) is 0 Å². The van der Waals surface area contributed by atoms with Crippen LogP contribution in [0.5, 0.6) is 0 Å². The van der Waals surface area contributed by atoms with E-state index in [1.54, 1.807) is 5.57 Å². The fourth-order valence-electron chi connectivity index (χ4n) is 5.19. The lowest BCUT2D eigenvalue weighted by Crippen LogP contribution is -2.13. The average molecular weight is 200 g/mol. The van der Waals surface area contributed by atoms with Gasteiger partial charge in [0.15, 0.2) is 0 Å². The Labute approximate surface area is 92.4 Å². The molecule has 2 saturated carbocycles. The molecule has 0 saturated heterocycles. The van der Waals surface area contributed by atoms with Crippen LogP contribution in [0.2, 0.25) is 0 Å². The van der Waals surface area contributed by atoms with E-state index in [0.29, 0.717) is 10.8 Å². The summed E-state index contributed by atoms with van der Waals surface area (Å²) in [5.41, 5.74) is 4.84. The summed E-state index contributed by atoms with van der Waals surface area (Å²) < 4.78 is 0. The fraction of sp³-hybridized carbons (Fsp3) is 0.733. The maximum absolute atomic E-state index is 2.49. The molecule has 0 bridgehead atoms. The Kier molecular flexibility index (Phi) is 1.22. The highest BCUT2D eigenvalue weighted by Crippen LogP contribution is 2.86. The molecule has 0 radical (unpaired) electrons. The molecule has 4 rings (SSSR count). The molecule has 4 atom stereocenters. The van der Waals surface area contributed by atoms with Crippen molar-refractivity contribution >= 4 is 0 Å². The third kappa shape index (κ3) is 0.670. The SMILES string of the molecule is CC1C(C)(C)C12C1=C(CCC=C1)[C@@H]1CC12. The highest BCUT2D eigenvalue weighted by molar-refractivity contribution is 5.54. The Morgan fingerprint density at radius 1 is 1.33 bits per heavy atom. The van der Waals surface area contributed by atoms with Gasteiger partial charge in [-0.3, -0.25) is 0 Å². The van der Waals surface area contributed by atoms with Gasteiger partial charge in [-0.2, -0.15) is 0 Å². The van der Waals surface area contributed by atoms with Crippen molar-refractivity contribution in [3.8, 4) is 0 Å². The molecule has 4 aliphatic carbocycles. The molecule has 0 aromatic heterocycles. The van der Waals surface area contributed by atoms with E-state index < -0.39 is 0 Å². The van der Waals surface area contributed by atoms with Crippen LogP contribution in [-0.4, -0.2) is 0 Å². The molecule has 4 aliphatic rings. The van der Waals surface area contributed by atoms with Gasteiger partial charge in [-0.25, -0.2) is 0 Å². The molecular formula is C15H20. The van der Waals surface area contributed by atoms with Gasteiger partial charge in [-0.05, 0) is 48.0 Å². The molecule has 80 valence electrons. The van der Waals surface area contributed by atoms with Crippen molar-refractivity contribution in [2.45, 2.75) is 40.0 Å². The van der Waals surface area contributed by atoms with Crippen LogP contribution < -0.4 is 0 Å². The van der Waals surface area contributed by atoms with E-state index in [1.165, 1.54) is 19.3 Å². The zero-order valence-corrected chi connectivity index (χ0v) is 10.0. The first-order chi connectivity index (χ1) is 7.12. The van der Waals surface area contributed by atoms with Crippen molar-refractivity contribution in [2.75, 3.05) is 0 Å². The van der Waals surface area contributed by atoms with Gasteiger partial charge in [-0.1, -0.05) is 38.5 Å². The van der Waals surface area contributed by atoms with E-state index in [4.69, 9.17) is 0 Å². The van der Waals surface area contributed by atoms with Gasteiger partial charge in [0.05, 0.1) is 0 Å². The number of hydrogen-bond acceptors (Lipinski definition) is 0. The molecule has 0 aromatic rings. The zero-order chi connectivity index (χ0) is 10.4. The Morgan fingerprint density at radius 2 is 2.07 bits per heavy atom. The normalized spacial score (nSPS) is 53.1. The van der Waals surface area contributed by atoms with Crippen molar-refractivity contribution < 1.29 is 0 Å². The van der Waals surface area contributed by atoms with Gasteiger partial charge in [-0.15, -0.1) is 0 Å². The summed E-state index contributed by atoms with van der Waals surface area (Å²) in [6, 6.07) is 0. The molecule has 0 aromatic carbocycles. The molecule has 3 unspecified atom stereocenters. The molecule has 0 amide bonds. The largest absolute Gasteiger partial charge is 0.0839 e. The molecule has 1 spiro atoms. The number of rotatable bonds is 0. The third-order valence-electron chi connectivity index (χ3n) is 6.23. The lowest BCUT2D eigenvalue weighted by Gasteiger charge is -2.22. The van der Waals surface area contributed by atoms with Crippen LogP contribution in [0.25, 0.3) is 0 Å². The predicted octanol–water partition coefficient (Wildman–Crippen LogP) is 3.95. The Balaban J connectivity index is 1.90. The second kappa shape index (κ2) is 2.12. The van der Waals surface area contributed by atoms with E-state index in [-0.39, 0.29) is 0 Å². The smallest absolute Gasteiger partial charge is 0.00716 e. The summed E-state index contributed by atoms with van der Waals surface area (Å²) in [5.74, 6) is 2.96. The van der Waals surface area contributed by atoms with Gasteiger partial charge in [0.1, 0.15) is 0 Å². The minimum atomic E-state index is 0.575. The molecule has 0 heteroatoms. The summed E-state index contributed by atoms with van der Waals surface area (Å²) in [4.78, 5) is 0. The topological polar surface area (TPSA) is 0 Å². The second-order valence-electron chi connectivity index (χ2n) is 6.64. The second-order valence-corrected chi connectivity index (χ2v) is 6.64. The van der Waals surface area contributed by atoms with E-state index in [2.05, 4.69) is 32.9 Å². The fourth-order valence-corrected chi connectivity index (χ4v) is 5.19. The Bertz CT molecular complexity index is 410. The maximum Gasteiger partial charge on any atom is 0.00716 e. The van der Waals surface area contributed by atoms with Crippen LogP contribution in [0.15, 0.2) is 23.3 Å². The quantitative estimate of drug-likeness (QED) is 0.555. The minimum Gasteiger partial charge on any atom is -0.0839 e. The standard InChI is InChI=1S/C15H20/c1-9-14(2,3)15(9)12-7-5-4-6-10(12)11-8-13(11)15/h5,7,9,11,13H,4,6,8H2,1-3H3/t9?,11-,13?,15?/m0/s1. The molecule has 0 N–H and O–H groups in total. The highest BCUT2D eigenvalue weighted by atomic mass is 14.8. The van der Waals surface area contributed by atoms with Gasteiger partial charge >= 0.3 is 0 Å². The van der Waals surface area contributed by atoms with Crippen LogP contribution in [0.3, 0.4) is 0 Å². The first-order valence-electron chi connectivity index (χ1n) is 6.52. The zero-order valence-electron chi connectivity index (χ0n) is 10.0. The number of hydrogen-bond donors (Lipinski definition) is 0. The van der Waals surface area contributed by atoms with Crippen LogP contribution in [0.4, 0.5) is 0 Å². The summed E-state index contributed by atoms with van der Waals surface area (Å²) in [7, 11) is 0. The van der Waals surface area contributed by atoms with Crippen LogP contribution >= 0.6 is 0 Å². The maximum atomic E-state index is 2.49. The number of allylic oxidation sites excluding steroid dienone is 4. The van der Waals surface area contributed by atoms with Crippen molar-refractivity contribution in [3.05, 3.63) is 23.3 Å². The molecular weight excluding hydrogens is 180 g/mol. The van der Waals surface area contributed by atoms with E-state index >= 15 is 0 Å². The Morgan fingerprint density at radius 3 is 2.73 bits per heavy atom. The molecule has 0 aliphatic heterocycles. The van der Waals surface area contributed by atoms with Crippen LogP contribution in [0, 0.1) is 28.6 Å². The van der Waals surface area contributed by atoms with E-state index in [9.17, 15) is 0 Å². The average Bonchev–Trinajstić information content (AvgIpc) is 3.05. The monoisotopic (exact) mass is 200 g/mol. The molecule has 0 nitrogen and oxygen atoms in total. The lowest BCUT2D eigenvalue weighted by atomic mass is 9.82. The van der Waals surface area contributed by atoms with Gasteiger partial charge in [0.25, 0.3) is 0 Å². The van der Waals surface area contributed by atoms with Gasteiger partial charge in [0.2, 0.25) is 0 Å². The summed E-state index contributed by atoms with van der Waals surface area (Å²) in [5, 5.41) is 0. The summed E-state index contributed by atoms with van der Waals surface area (Å²) in [6.07, 6.45) is 9.08. The van der Waals surface area contributed by atoms with E-state index in [1.807, 2.05) is 5.57 Å². The first-order valence-corrected chi connectivity index (χ1v) is 6.52. The Hall–Kier alpha value is -0.520. The van der Waals surface area contributed by atoms with Crippen molar-refractivity contribution in [1.29, 1.82) is 0 Å². The van der Waals surface area contributed by atoms with Gasteiger partial charge in [0, 0.05) is 5.41 Å². The molecule has 15 heavy (non-hydrogen) atoms. The first kappa shape index (κ1) is 8.61. The van der Waals surface area contributed by atoms with Crippen molar-refractivity contribution in [2.24, 2.45) is 28.6 Å². The molecule has 0 heterocycles.